The fourth-order valence-electron chi connectivity index (χ4n) is 2.06. The standard InChI is InChI=1S/C9H10Cl2O4/c10-3-5-1-9(7(12)14-5)2-6(4-11)15-8(9)13/h5-6H,1-4H2/t5-,6+,9?. The van der Waals surface area contributed by atoms with Crippen molar-refractivity contribution >= 4 is 35.1 Å². The molecule has 15 heavy (non-hydrogen) atoms. The molecule has 1 spiro atoms. The Morgan fingerprint density at radius 3 is 1.73 bits per heavy atom. The Kier molecular flexibility index (Phi) is 2.81. The van der Waals surface area contributed by atoms with Crippen LogP contribution in [0.3, 0.4) is 0 Å². The maximum absolute atomic E-state index is 11.6. The number of ether oxygens (including phenoxy) is 2. The molecule has 1 unspecified atom stereocenters. The first kappa shape index (κ1) is 11.0. The number of halogens is 2. The Morgan fingerprint density at radius 2 is 1.47 bits per heavy atom. The van der Waals surface area contributed by atoms with Crippen LogP contribution in [0.15, 0.2) is 0 Å². The van der Waals surface area contributed by atoms with E-state index in [4.69, 9.17) is 32.7 Å². The van der Waals surface area contributed by atoms with Gasteiger partial charge in [0.2, 0.25) is 0 Å². The summed E-state index contributed by atoms with van der Waals surface area (Å²) in [5.74, 6) is -0.643. The van der Waals surface area contributed by atoms with Crippen molar-refractivity contribution in [1.29, 1.82) is 0 Å². The number of hydrogen-bond donors (Lipinski definition) is 0. The number of esters is 2. The van der Waals surface area contributed by atoms with Gasteiger partial charge in [-0.15, -0.1) is 23.2 Å². The molecule has 2 aliphatic heterocycles. The van der Waals surface area contributed by atoms with Crippen molar-refractivity contribution < 1.29 is 19.1 Å². The Morgan fingerprint density at radius 1 is 1.07 bits per heavy atom. The molecule has 0 bridgehead atoms. The van der Waals surface area contributed by atoms with E-state index in [1.54, 1.807) is 0 Å². The monoisotopic (exact) mass is 252 g/mol. The lowest BCUT2D eigenvalue weighted by atomic mass is 9.82. The molecule has 0 radical (unpaired) electrons. The fourth-order valence-corrected chi connectivity index (χ4v) is 2.41. The lowest BCUT2D eigenvalue weighted by molar-refractivity contribution is -0.158. The molecule has 2 fully saturated rings. The number of alkyl halides is 2. The predicted molar refractivity (Wildman–Crippen MR) is 52.9 cm³/mol. The zero-order chi connectivity index (χ0) is 11.1. The highest BCUT2D eigenvalue weighted by Crippen LogP contribution is 2.45. The summed E-state index contributed by atoms with van der Waals surface area (Å²) in [7, 11) is 0. The lowest BCUT2D eigenvalue weighted by Crippen LogP contribution is -2.31. The Bertz CT molecular complexity index is 274. The predicted octanol–water partition coefficient (Wildman–Crippen LogP) is 1.08. The third-order valence-corrected chi connectivity index (χ3v) is 3.51. The maximum Gasteiger partial charge on any atom is 0.324 e. The van der Waals surface area contributed by atoms with Crippen LogP contribution >= 0.6 is 23.2 Å². The van der Waals surface area contributed by atoms with Crippen LogP contribution in [-0.4, -0.2) is 35.9 Å². The smallest absolute Gasteiger partial charge is 0.324 e. The van der Waals surface area contributed by atoms with Crippen LogP contribution < -0.4 is 0 Å². The lowest BCUT2D eigenvalue weighted by Gasteiger charge is -2.10. The van der Waals surface area contributed by atoms with Crippen molar-refractivity contribution in [1.82, 2.24) is 0 Å². The third-order valence-electron chi connectivity index (χ3n) is 2.83. The molecule has 0 aromatic carbocycles. The van der Waals surface area contributed by atoms with Gasteiger partial charge in [0.25, 0.3) is 0 Å². The molecular weight excluding hydrogens is 243 g/mol. The van der Waals surface area contributed by atoms with Crippen LogP contribution in [-0.2, 0) is 19.1 Å². The molecule has 2 saturated heterocycles. The van der Waals surface area contributed by atoms with E-state index in [1.165, 1.54) is 0 Å². The highest BCUT2D eigenvalue weighted by atomic mass is 35.5. The molecular formula is C9H10Cl2O4. The van der Waals surface area contributed by atoms with Crippen molar-refractivity contribution in [2.45, 2.75) is 25.0 Å². The summed E-state index contributed by atoms with van der Waals surface area (Å²) < 4.78 is 9.99. The first-order chi connectivity index (χ1) is 7.12. The molecule has 0 saturated carbocycles. The van der Waals surface area contributed by atoms with Crippen molar-refractivity contribution in [3.8, 4) is 0 Å². The summed E-state index contributed by atoms with van der Waals surface area (Å²) in [6.45, 7) is 0. The molecule has 0 aliphatic carbocycles. The Hall–Kier alpha value is -0.480. The molecule has 2 rings (SSSR count). The minimum atomic E-state index is -1.14. The Labute approximate surface area is 96.8 Å². The van der Waals surface area contributed by atoms with Crippen molar-refractivity contribution in [2.75, 3.05) is 11.8 Å². The van der Waals surface area contributed by atoms with E-state index in [2.05, 4.69) is 0 Å². The second kappa shape index (κ2) is 3.83. The summed E-state index contributed by atoms with van der Waals surface area (Å²) in [6, 6.07) is 0. The second-order valence-corrected chi connectivity index (χ2v) is 4.47. The highest BCUT2D eigenvalue weighted by Gasteiger charge is 2.61. The fraction of sp³-hybridized carbons (Fsp3) is 0.778. The van der Waals surface area contributed by atoms with Gasteiger partial charge in [0, 0.05) is 12.8 Å². The largest absolute Gasteiger partial charge is 0.460 e. The van der Waals surface area contributed by atoms with Crippen LogP contribution in [0.25, 0.3) is 0 Å². The highest BCUT2D eigenvalue weighted by molar-refractivity contribution is 6.19. The topological polar surface area (TPSA) is 52.6 Å². The molecule has 0 amide bonds. The van der Waals surface area contributed by atoms with Gasteiger partial charge in [-0.3, -0.25) is 9.59 Å². The van der Waals surface area contributed by atoms with E-state index >= 15 is 0 Å². The van der Waals surface area contributed by atoms with Gasteiger partial charge in [-0.25, -0.2) is 0 Å². The first-order valence-corrected chi connectivity index (χ1v) is 5.73. The number of hydrogen-bond acceptors (Lipinski definition) is 4. The minimum Gasteiger partial charge on any atom is -0.460 e. The molecule has 4 nitrogen and oxygen atoms in total. The van der Waals surface area contributed by atoms with Gasteiger partial charge in [0.05, 0.1) is 11.8 Å². The van der Waals surface area contributed by atoms with Crippen LogP contribution in [0.1, 0.15) is 12.8 Å². The second-order valence-electron chi connectivity index (χ2n) is 3.85. The maximum atomic E-state index is 11.6. The normalized spacial score (nSPS) is 39.6. The van der Waals surface area contributed by atoms with Gasteiger partial charge in [-0.05, 0) is 0 Å². The number of rotatable bonds is 2. The van der Waals surface area contributed by atoms with Crippen molar-refractivity contribution in [2.24, 2.45) is 5.41 Å². The zero-order valence-corrected chi connectivity index (χ0v) is 9.38. The van der Waals surface area contributed by atoms with E-state index in [0.29, 0.717) is 12.8 Å². The van der Waals surface area contributed by atoms with Crippen LogP contribution in [0, 0.1) is 5.41 Å². The zero-order valence-electron chi connectivity index (χ0n) is 7.87. The Balaban J connectivity index is 2.20. The molecule has 2 heterocycles. The van der Waals surface area contributed by atoms with Gasteiger partial charge in [0.15, 0.2) is 5.41 Å². The van der Waals surface area contributed by atoms with E-state index < -0.39 is 17.4 Å². The number of carbonyl (C=O) groups excluding carboxylic acids is 2. The van der Waals surface area contributed by atoms with Crippen molar-refractivity contribution in [3.63, 3.8) is 0 Å². The van der Waals surface area contributed by atoms with Crippen LogP contribution in [0.4, 0.5) is 0 Å². The number of cyclic esters (lactones) is 2. The number of carbonyl (C=O) groups is 2. The average Bonchev–Trinajstić information content (AvgIpc) is 2.71. The quantitative estimate of drug-likeness (QED) is 0.420. The van der Waals surface area contributed by atoms with Gasteiger partial charge in [0.1, 0.15) is 12.2 Å². The third kappa shape index (κ3) is 1.60. The molecule has 2 aliphatic rings. The van der Waals surface area contributed by atoms with Gasteiger partial charge in [-0.2, -0.15) is 0 Å². The van der Waals surface area contributed by atoms with Crippen LogP contribution in [0.5, 0.6) is 0 Å². The van der Waals surface area contributed by atoms with Gasteiger partial charge < -0.3 is 9.47 Å². The average molecular weight is 253 g/mol. The SMILES string of the molecule is O=C1O[C@H](CCl)CC12C[C@H](CCl)OC2=O. The van der Waals surface area contributed by atoms with E-state index in [-0.39, 0.29) is 24.0 Å². The van der Waals surface area contributed by atoms with E-state index in [9.17, 15) is 9.59 Å². The summed E-state index contributed by atoms with van der Waals surface area (Å²) in [4.78, 5) is 23.2. The van der Waals surface area contributed by atoms with Crippen molar-refractivity contribution in [3.05, 3.63) is 0 Å². The summed E-state index contributed by atoms with van der Waals surface area (Å²) in [6.07, 6.45) is -0.162. The van der Waals surface area contributed by atoms with E-state index in [0.717, 1.165) is 0 Å². The van der Waals surface area contributed by atoms with E-state index in [1.807, 2.05) is 0 Å². The van der Waals surface area contributed by atoms with Gasteiger partial charge >= 0.3 is 11.9 Å². The molecule has 84 valence electrons. The van der Waals surface area contributed by atoms with Gasteiger partial charge in [-0.1, -0.05) is 0 Å². The molecule has 3 atom stereocenters. The first-order valence-electron chi connectivity index (χ1n) is 4.66. The molecule has 0 aromatic heterocycles. The summed E-state index contributed by atoms with van der Waals surface area (Å²) >= 11 is 11.2. The summed E-state index contributed by atoms with van der Waals surface area (Å²) in [5.41, 5.74) is -1.14. The molecule has 0 N–H and O–H groups in total. The molecule has 0 aromatic rings. The van der Waals surface area contributed by atoms with Crippen LogP contribution in [0.2, 0.25) is 0 Å². The summed E-state index contributed by atoms with van der Waals surface area (Å²) in [5, 5.41) is 0. The molecule has 6 heteroatoms. The minimum absolute atomic E-state index is 0.201.